The van der Waals surface area contributed by atoms with Gasteiger partial charge in [-0.3, -0.25) is 4.90 Å². The highest BCUT2D eigenvalue weighted by Crippen LogP contribution is 2.38. The van der Waals surface area contributed by atoms with Crippen LogP contribution in [0.25, 0.3) is 0 Å². The molecule has 1 unspecified atom stereocenters. The second-order valence-electron chi connectivity index (χ2n) is 7.22. The fraction of sp³-hybridized carbons (Fsp3) is 0.208. The van der Waals surface area contributed by atoms with Gasteiger partial charge in [0.05, 0.1) is 11.7 Å². The summed E-state index contributed by atoms with van der Waals surface area (Å²) in [6, 6.07) is 20.1. The Hall–Kier alpha value is -3.21. The Balaban J connectivity index is 1.69. The summed E-state index contributed by atoms with van der Waals surface area (Å²) < 4.78 is 28.2. The Kier molecular flexibility index (Phi) is 5.56. The van der Waals surface area contributed by atoms with Gasteiger partial charge >= 0.3 is 6.03 Å². The van der Waals surface area contributed by atoms with Gasteiger partial charge in [-0.2, -0.15) is 0 Å². The lowest BCUT2D eigenvalue weighted by molar-refractivity contribution is 0.242. The fourth-order valence-corrected chi connectivity index (χ4v) is 3.95. The van der Waals surface area contributed by atoms with E-state index in [9.17, 15) is 13.6 Å². The van der Waals surface area contributed by atoms with E-state index in [1.54, 1.807) is 0 Å². The van der Waals surface area contributed by atoms with E-state index in [-0.39, 0.29) is 11.7 Å². The first kappa shape index (κ1) is 19.1. The number of nitrogens with zero attached hydrogens (tertiary/aromatic N) is 1. The molecule has 0 bridgehead atoms. The number of halogens is 2. The molecule has 0 radical (unpaired) electrons. The minimum atomic E-state index is -0.747. The van der Waals surface area contributed by atoms with E-state index in [1.807, 2.05) is 54.6 Å². The number of hydrogen-bond acceptors (Lipinski definition) is 1. The third-order valence-corrected chi connectivity index (χ3v) is 5.32. The lowest BCUT2D eigenvalue weighted by Crippen LogP contribution is -2.43. The van der Waals surface area contributed by atoms with E-state index < -0.39 is 17.7 Å². The van der Waals surface area contributed by atoms with Crippen LogP contribution in [0.15, 0.2) is 72.8 Å². The monoisotopic (exact) mass is 392 g/mol. The Morgan fingerprint density at radius 2 is 1.76 bits per heavy atom. The molecule has 2 amide bonds. The topological polar surface area (TPSA) is 32.3 Å². The number of carbonyl (C=O) groups excluding carboxylic acids is 1. The van der Waals surface area contributed by atoms with Gasteiger partial charge in [0.1, 0.15) is 11.6 Å². The van der Waals surface area contributed by atoms with Crippen molar-refractivity contribution in [1.82, 2.24) is 5.32 Å². The molecule has 1 aliphatic rings. The molecule has 1 aliphatic carbocycles. The normalized spacial score (nSPS) is 15.4. The van der Waals surface area contributed by atoms with Crippen molar-refractivity contribution in [1.29, 1.82) is 0 Å². The summed E-state index contributed by atoms with van der Waals surface area (Å²) in [5.74, 6) is -1.41. The second kappa shape index (κ2) is 8.43. The van der Waals surface area contributed by atoms with Gasteiger partial charge in [0, 0.05) is 12.6 Å². The van der Waals surface area contributed by atoms with Crippen LogP contribution in [0.2, 0.25) is 0 Å². The molecule has 0 saturated heterocycles. The van der Waals surface area contributed by atoms with Gasteiger partial charge in [-0.05, 0) is 48.1 Å². The first-order chi connectivity index (χ1) is 14.1. The average molecular weight is 392 g/mol. The molecule has 4 rings (SSSR count). The average Bonchev–Trinajstić information content (AvgIpc) is 2.75. The molecule has 148 valence electrons. The van der Waals surface area contributed by atoms with Gasteiger partial charge in [-0.1, -0.05) is 54.6 Å². The summed E-state index contributed by atoms with van der Waals surface area (Å²) in [4.78, 5) is 14.7. The molecule has 0 saturated carbocycles. The van der Waals surface area contributed by atoms with Crippen molar-refractivity contribution < 1.29 is 13.6 Å². The van der Waals surface area contributed by atoms with Crippen molar-refractivity contribution in [3.63, 3.8) is 0 Å². The van der Waals surface area contributed by atoms with E-state index >= 15 is 0 Å². The Morgan fingerprint density at radius 1 is 1.00 bits per heavy atom. The maximum absolute atomic E-state index is 14.7. The number of amides is 2. The molecular weight excluding hydrogens is 370 g/mol. The highest BCUT2D eigenvalue weighted by atomic mass is 19.1. The number of nitrogens with one attached hydrogen (secondary N) is 1. The van der Waals surface area contributed by atoms with Crippen LogP contribution in [-0.2, 0) is 13.0 Å². The third-order valence-electron chi connectivity index (χ3n) is 5.32. The van der Waals surface area contributed by atoms with Crippen LogP contribution in [0.3, 0.4) is 0 Å². The predicted molar refractivity (Wildman–Crippen MR) is 110 cm³/mol. The smallest absolute Gasteiger partial charge is 0.322 e. The van der Waals surface area contributed by atoms with E-state index in [1.165, 1.54) is 17.0 Å². The molecule has 29 heavy (non-hydrogen) atoms. The maximum atomic E-state index is 14.7. The van der Waals surface area contributed by atoms with Gasteiger partial charge < -0.3 is 5.32 Å². The van der Waals surface area contributed by atoms with Gasteiger partial charge in [-0.15, -0.1) is 0 Å². The summed E-state index contributed by atoms with van der Waals surface area (Å²) in [7, 11) is 0. The largest absolute Gasteiger partial charge is 0.334 e. The van der Waals surface area contributed by atoms with E-state index in [0.717, 1.165) is 35.6 Å². The molecule has 5 heteroatoms. The van der Waals surface area contributed by atoms with Crippen LogP contribution >= 0.6 is 0 Å². The lowest BCUT2D eigenvalue weighted by atomic mass is 9.86. The summed E-state index contributed by atoms with van der Waals surface area (Å²) in [6.45, 7) is 0.327. The van der Waals surface area contributed by atoms with E-state index in [4.69, 9.17) is 0 Å². The predicted octanol–water partition coefficient (Wildman–Crippen LogP) is 5.76. The summed E-state index contributed by atoms with van der Waals surface area (Å²) in [6.07, 6.45) is 2.54. The lowest BCUT2D eigenvalue weighted by Gasteiger charge is -2.36. The molecule has 3 aromatic rings. The number of hydrogen-bond donors (Lipinski definition) is 1. The second-order valence-corrected chi connectivity index (χ2v) is 7.22. The molecular formula is C24H22F2N2O. The summed E-state index contributed by atoms with van der Waals surface area (Å²) >= 11 is 0. The fourth-order valence-electron chi connectivity index (χ4n) is 3.95. The van der Waals surface area contributed by atoms with Crippen molar-refractivity contribution in [3.05, 3.63) is 101 Å². The SMILES string of the molecule is O=C(NCc1ccccc1)N(c1ccc(F)cc1F)C1CCCc2ccccc21. The van der Waals surface area contributed by atoms with Gasteiger partial charge in [0.25, 0.3) is 0 Å². The van der Waals surface area contributed by atoms with Crippen LogP contribution in [0.4, 0.5) is 19.3 Å². The zero-order valence-electron chi connectivity index (χ0n) is 15.9. The molecule has 0 aromatic heterocycles. The number of fused-ring (bicyclic) bond motifs is 1. The zero-order valence-corrected chi connectivity index (χ0v) is 15.9. The molecule has 0 fully saturated rings. The zero-order chi connectivity index (χ0) is 20.2. The van der Waals surface area contributed by atoms with Crippen LogP contribution < -0.4 is 10.2 Å². The van der Waals surface area contributed by atoms with Gasteiger partial charge in [0.2, 0.25) is 0 Å². The van der Waals surface area contributed by atoms with Crippen LogP contribution in [0, 0.1) is 11.6 Å². The minimum Gasteiger partial charge on any atom is -0.334 e. The molecule has 0 aliphatic heterocycles. The van der Waals surface area contributed by atoms with Crippen LogP contribution in [0.1, 0.15) is 35.6 Å². The van der Waals surface area contributed by atoms with E-state index in [2.05, 4.69) is 5.32 Å². The summed E-state index contributed by atoms with van der Waals surface area (Å²) in [5, 5.41) is 2.89. The first-order valence-electron chi connectivity index (χ1n) is 9.77. The Morgan fingerprint density at radius 3 is 2.55 bits per heavy atom. The quantitative estimate of drug-likeness (QED) is 0.602. The number of rotatable bonds is 4. The molecule has 0 spiro atoms. The molecule has 3 aromatic carbocycles. The number of aryl methyl sites for hydroxylation is 1. The number of anilines is 1. The molecule has 3 nitrogen and oxygen atoms in total. The Labute approximate surface area is 169 Å². The maximum Gasteiger partial charge on any atom is 0.322 e. The highest BCUT2D eigenvalue weighted by Gasteiger charge is 2.32. The standard InChI is InChI=1S/C24H22F2N2O/c25-19-13-14-23(21(26)15-19)28(24(29)27-16-17-7-2-1-3-8-17)22-12-6-10-18-9-4-5-11-20(18)22/h1-5,7-9,11,13-15,22H,6,10,12,16H2,(H,27,29). The molecule has 1 N–H and O–H groups in total. The third kappa shape index (κ3) is 4.14. The van der Waals surface area contributed by atoms with E-state index in [0.29, 0.717) is 13.0 Å². The first-order valence-corrected chi connectivity index (χ1v) is 9.77. The number of urea groups is 1. The summed E-state index contributed by atoms with van der Waals surface area (Å²) in [5.41, 5.74) is 3.20. The number of benzene rings is 3. The van der Waals surface area contributed by atoms with Crippen molar-refractivity contribution in [2.45, 2.75) is 31.8 Å². The van der Waals surface area contributed by atoms with Crippen molar-refractivity contribution >= 4 is 11.7 Å². The number of carbonyl (C=O) groups is 1. The minimum absolute atomic E-state index is 0.0821. The Bertz CT molecular complexity index is 1010. The van der Waals surface area contributed by atoms with Crippen LogP contribution in [0.5, 0.6) is 0 Å². The van der Waals surface area contributed by atoms with Crippen molar-refractivity contribution in [2.75, 3.05) is 4.90 Å². The van der Waals surface area contributed by atoms with Gasteiger partial charge in [-0.25, -0.2) is 13.6 Å². The van der Waals surface area contributed by atoms with Crippen molar-refractivity contribution in [2.24, 2.45) is 0 Å². The molecule has 0 heterocycles. The molecule has 1 atom stereocenters. The van der Waals surface area contributed by atoms with Crippen LogP contribution in [-0.4, -0.2) is 6.03 Å². The van der Waals surface area contributed by atoms with Crippen molar-refractivity contribution in [3.8, 4) is 0 Å². The van der Waals surface area contributed by atoms with Gasteiger partial charge in [0.15, 0.2) is 0 Å². The highest BCUT2D eigenvalue weighted by molar-refractivity contribution is 5.93.